The summed E-state index contributed by atoms with van der Waals surface area (Å²) in [5.74, 6) is -0.233. The zero-order valence-electron chi connectivity index (χ0n) is 8.80. The summed E-state index contributed by atoms with van der Waals surface area (Å²) in [5.41, 5.74) is 0.594. The molecule has 0 heterocycles. The Morgan fingerprint density at radius 3 is 2.73 bits per heavy atom. The molecule has 0 aliphatic rings. The van der Waals surface area contributed by atoms with Gasteiger partial charge in [-0.3, -0.25) is 0 Å². The second-order valence-electron chi connectivity index (χ2n) is 3.65. The van der Waals surface area contributed by atoms with Gasteiger partial charge in [-0.1, -0.05) is 15.9 Å². The molecule has 15 heavy (non-hydrogen) atoms. The van der Waals surface area contributed by atoms with E-state index in [9.17, 15) is 9.50 Å². The third-order valence-electron chi connectivity index (χ3n) is 2.35. The molecule has 0 spiro atoms. The first kappa shape index (κ1) is 12.6. The predicted octanol–water partition coefficient (Wildman–Crippen LogP) is 2.45. The zero-order valence-corrected chi connectivity index (χ0v) is 10.4. The van der Waals surface area contributed by atoms with Crippen LogP contribution >= 0.6 is 15.9 Å². The Labute approximate surface area is 97.6 Å². The number of benzene rings is 1. The van der Waals surface area contributed by atoms with Crippen LogP contribution in [0.25, 0.3) is 0 Å². The number of hydrogen-bond donors (Lipinski definition) is 2. The standard InChI is InChI=1S/C11H15BrFNO/c1-7(8(2)15)14-6-9-5-10(12)3-4-11(9)13/h3-5,7-8,14-15H,6H2,1-2H3. The van der Waals surface area contributed by atoms with Gasteiger partial charge in [-0.05, 0) is 32.0 Å². The quantitative estimate of drug-likeness (QED) is 0.885. The van der Waals surface area contributed by atoms with Crippen LogP contribution in [-0.2, 0) is 6.54 Å². The molecule has 0 fully saturated rings. The van der Waals surface area contributed by atoms with E-state index in [1.165, 1.54) is 6.07 Å². The number of nitrogens with one attached hydrogen (secondary N) is 1. The lowest BCUT2D eigenvalue weighted by Crippen LogP contribution is -2.35. The first-order valence-electron chi connectivity index (χ1n) is 4.86. The van der Waals surface area contributed by atoms with Crippen molar-refractivity contribution in [2.75, 3.05) is 0 Å². The predicted molar refractivity (Wildman–Crippen MR) is 62.1 cm³/mol. The van der Waals surface area contributed by atoms with Crippen LogP contribution in [0.3, 0.4) is 0 Å². The van der Waals surface area contributed by atoms with Crippen LogP contribution < -0.4 is 5.32 Å². The van der Waals surface area contributed by atoms with Gasteiger partial charge in [0.15, 0.2) is 0 Å². The van der Waals surface area contributed by atoms with Crippen LogP contribution in [0.5, 0.6) is 0 Å². The Balaban J connectivity index is 2.61. The summed E-state index contributed by atoms with van der Waals surface area (Å²) in [6.45, 7) is 3.98. The highest BCUT2D eigenvalue weighted by Crippen LogP contribution is 2.15. The van der Waals surface area contributed by atoms with Gasteiger partial charge in [-0.25, -0.2) is 4.39 Å². The highest BCUT2D eigenvalue weighted by molar-refractivity contribution is 9.10. The van der Waals surface area contributed by atoms with Crippen molar-refractivity contribution in [2.45, 2.75) is 32.5 Å². The number of rotatable bonds is 4. The topological polar surface area (TPSA) is 32.3 Å². The fraction of sp³-hybridized carbons (Fsp3) is 0.455. The van der Waals surface area contributed by atoms with E-state index < -0.39 is 6.10 Å². The van der Waals surface area contributed by atoms with Crippen molar-refractivity contribution in [3.05, 3.63) is 34.1 Å². The first-order chi connectivity index (χ1) is 7.00. The normalized spacial score (nSPS) is 15.0. The second-order valence-corrected chi connectivity index (χ2v) is 4.56. The van der Waals surface area contributed by atoms with Gasteiger partial charge in [0.2, 0.25) is 0 Å². The zero-order chi connectivity index (χ0) is 11.4. The summed E-state index contributed by atoms with van der Waals surface area (Å²) in [4.78, 5) is 0. The first-order valence-corrected chi connectivity index (χ1v) is 5.65. The molecule has 0 bridgehead atoms. The fourth-order valence-corrected chi connectivity index (χ4v) is 1.53. The van der Waals surface area contributed by atoms with Crippen molar-refractivity contribution in [1.82, 2.24) is 5.32 Å². The molecule has 0 radical (unpaired) electrons. The molecule has 1 aromatic carbocycles. The van der Waals surface area contributed by atoms with Gasteiger partial charge in [0, 0.05) is 22.6 Å². The summed E-state index contributed by atoms with van der Waals surface area (Å²) in [7, 11) is 0. The smallest absolute Gasteiger partial charge is 0.127 e. The minimum Gasteiger partial charge on any atom is -0.392 e. The Kier molecular flexibility index (Phi) is 4.70. The Bertz CT molecular complexity index is 330. The number of aliphatic hydroxyl groups excluding tert-OH is 1. The molecule has 0 saturated heterocycles. The maximum atomic E-state index is 13.3. The molecule has 2 unspecified atom stereocenters. The van der Waals surface area contributed by atoms with Crippen LogP contribution in [-0.4, -0.2) is 17.3 Å². The second kappa shape index (κ2) is 5.58. The van der Waals surface area contributed by atoms with Gasteiger partial charge < -0.3 is 10.4 Å². The highest BCUT2D eigenvalue weighted by Gasteiger charge is 2.09. The molecular formula is C11H15BrFNO. The summed E-state index contributed by atoms with van der Waals surface area (Å²) < 4.78 is 14.2. The Morgan fingerprint density at radius 1 is 1.47 bits per heavy atom. The van der Waals surface area contributed by atoms with Crippen molar-refractivity contribution in [3.63, 3.8) is 0 Å². The lowest BCUT2D eigenvalue weighted by atomic mass is 10.1. The lowest BCUT2D eigenvalue weighted by molar-refractivity contribution is 0.152. The maximum absolute atomic E-state index is 13.3. The summed E-state index contributed by atoms with van der Waals surface area (Å²) in [5, 5.41) is 12.3. The average molecular weight is 276 g/mol. The Morgan fingerprint density at radius 2 is 2.13 bits per heavy atom. The largest absolute Gasteiger partial charge is 0.392 e. The van der Waals surface area contributed by atoms with E-state index in [4.69, 9.17) is 0 Å². The monoisotopic (exact) mass is 275 g/mol. The average Bonchev–Trinajstić information content (AvgIpc) is 2.18. The van der Waals surface area contributed by atoms with E-state index >= 15 is 0 Å². The van der Waals surface area contributed by atoms with Crippen molar-refractivity contribution >= 4 is 15.9 Å². The molecule has 0 aliphatic carbocycles. The molecular weight excluding hydrogens is 261 g/mol. The highest BCUT2D eigenvalue weighted by atomic mass is 79.9. The van der Waals surface area contributed by atoms with E-state index in [-0.39, 0.29) is 11.9 Å². The third-order valence-corrected chi connectivity index (χ3v) is 2.84. The Hall–Kier alpha value is -0.450. The van der Waals surface area contributed by atoms with Gasteiger partial charge in [0.1, 0.15) is 5.82 Å². The number of aliphatic hydroxyl groups is 1. The van der Waals surface area contributed by atoms with Crippen LogP contribution in [0, 0.1) is 5.82 Å². The molecule has 2 N–H and O–H groups in total. The van der Waals surface area contributed by atoms with Gasteiger partial charge in [-0.15, -0.1) is 0 Å². The number of halogens is 2. The van der Waals surface area contributed by atoms with E-state index in [0.717, 1.165) is 4.47 Å². The van der Waals surface area contributed by atoms with Crippen molar-refractivity contribution in [1.29, 1.82) is 0 Å². The molecule has 2 atom stereocenters. The SMILES string of the molecule is CC(O)C(C)NCc1cc(Br)ccc1F. The molecule has 0 amide bonds. The summed E-state index contributed by atoms with van der Waals surface area (Å²) in [6.07, 6.45) is -0.444. The molecule has 4 heteroatoms. The van der Waals surface area contributed by atoms with Crippen molar-refractivity contribution < 1.29 is 9.50 Å². The van der Waals surface area contributed by atoms with Gasteiger partial charge >= 0.3 is 0 Å². The van der Waals surface area contributed by atoms with Crippen LogP contribution in [0.2, 0.25) is 0 Å². The van der Waals surface area contributed by atoms with E-state index in [1.54, 1.807) is 19.1 Å². The van der Waals surface area contributed by atoms with E-state index in [1.807, 2.05) is 6.92 Å². The molecule has 84 valence electrons. The summed E-state index contributed by atoms with van der Waals surface area (Å²) in [6, 6.07) is 4.77. The van der Waals surface area contributed by atoms with Gasteiger partial charge in [0.25, 0.3) is 0 Å². The molecule has 1 rings (SSSR count). The van der Waals surface area contributed by atoms with E-state index in [0.29, 0.717) is 12.1 Å². The molecule has 2 nitrogen and oxygen atoms in total. The minimum atomic E-state index is -0.444. The van der Waals surface area contributed by atoms with Crippen molar-refractivity contribution in [2.24, 2.45) is 0 Å². The minimum absolute atomic E-state index is 0.0524. The van der Waals surface area contributed by atoms with Crippen LogP contribution in [0.4, 0.5) is 4.39 Å². The van der Waals surface area contributed by atoms with Gasteiger partial charge in [0.05, 0.1) is 6.10 Å². The van der Waals surface area contributed by atoms with Gasteiger partial charge in [-0.2, -0.15) is 0 Å². The molecule has 0 aromatic heterocycles. The fourth-order valence-electron chi connectivity index (χ4n) is 1.12. The van der Waals surface area contributed by atoms with Crippen LogP contribution in [0.1, 0.15) is 19.4 Å². The maximum Gasteiger partial charge on any atom is 0.127 e. The lowest BCUT2D eigenvalue weighted by Gasteiger charge is -2.16. The molecule has 0 aliphatic heterocycles. The van der Waals surface area contributed by atoms with Crippen molar-refractivity contribution in [3.8, 4) is 0 Å². The summed E-state index contributed by atoms with van der Waals surface area (Å²) >= 11 is 3.29. The van der Waals surface area contributed by atoms with Crippen LogP contribution in [0.15, 0.2) is 22.7 Å². The van der Waals surface area contributed by atoms with E-state index in [2.05, 4.69) is 21.2 Å². The molecule has 1 aromatic rings. The molecule has 0 saturated carbocycles. The third kappa shape index (κ3) is 3.89. The number of hydrogen-bond acceptors (Lipinski definition) is 2.